The maximum atomic E-state index is 12.8. The van der Waals surface area contributed by atoms with Gasteiger partial charge in [0.05, 0.1) is 7.11 Å². The van der Waals surface area contributed by atoms with E-state index in [-0.39, 0.29) is 17.5 Å². The molecule has 1 fully saturated rings. The number of ketones is 1. The van der Waals surface area contributed by atoms with E-state index in [0.717, 1.165) is 61.7 Å². The van der Waals surface area contributed by atoms with Gasteiger partial charge < -0.3 is 14.9 Å². The summed E-state index contributed by atoms with van der Waals surface area (Å²) in [6.45, 7) is 3.21. The zero-order valence-electron chi connectivity index (χ0n) is 21.7. The fourth-order valence-corrected chi connectivity index (χ4v) is 5.64. The van der Waals surface area contributed by atoms with Crippen molar-refractivity contribution < 1.29 is 19.7 Å². The molecule has 1 unspecified atom stereocenters. The van der Waals surface area contributed by atoms with Crippen molar-refractivity contribution >= 4 is 16.6 Å². The van der Waals surface area contributed by atoms with E-state index in [0.29, 0.717) is 23.0 Å². The Balaban J connectivity index is 0.000000222. The Morgan fingerprint density at radius 2 is 1.76 bits per heavy atom. The molecule has 196 valence electrons. The predicted octanol–water partition coefficient (Wildman–Crippen LogP) is 6.00. The molecule has 0 amide bonds. The molecule has 4 aromatic rings. The minimum Gasteiger partial charge on any atom is -0.508 e. The van der Waals surface area contributed by atoms with Crippen LogP contribution in [0, 0.1) is 11.8 Å². The van der Waals surface area contributed by atoms with Crippen LogP contribution in [0.4, 0.5) is 0 Å². The van der Waals surface area contributed by atoms with E-state index < -0.39 is 0 Å². The fourth-order valence-electron chi connectivity index (χ4n) is 5.64. The summed E-state index contributed by atoms with van der Waals surface area (Å²) < 4.78 is 5.18. The highest BCUT2D eigenvalue weighted by Gasteiger charge is 2.34. The van der Waals surface area contributed by atoms with Crippen LogP contribution in [0.2, 0.25) is 0 Å². The summed E-state index contributed by atoms with van der Waals surface area (Å²) in [5, 5.41) is 21.1. The van der Waals surface area contributed by atoms with Crippen molar-refractivity contribution in [2.75, 3.05) is 20.2 Å². The number of pyridine rings is 1. The second-order valence-electron chi connectivity index (χ2n) is 10.3. The Kier molecular flexibility index (Phi) is 7.89. The molecule has 1 aliphatic heterocycles. The molecule has 0 spiro atoms. The lowest BCUT2D eigenvalue weighted by Crippen LogP contribution is -2.34. The number of aromatic nitrogens is 1. The van der Waals surface area contributed by atoms with Crippen LogP contribution in [0.5, 0.6) is 17.2 Å². The van der Waals surface area contributed by atoms with E-state index in [4.69, 9.17) is 9.84 Å². The summed E-state index contributed by atoms with van der Waals surface area (Å²) in [4.78, 5) is 19.2. The van der Waals surface area contributed by atoms with Crippen molar-refractivity contribution in [1.29, 1.82) is 0 Å². The van der Waals surface area contributed by atoms with Crippen LogP contribution in [-0.2, 0) is 13.0 Å². The van der Waals surface area contributed by atoms with Crippen LogP contribution in [0.25, 0.3) is 10.8 Å². The molecule has 2 aliphatic rings. The number of Topliss-reactive ketones (excluding diaryl/α,β-unsaturated/α-hetero) is 1. The summed E-state index contributed by atoms with van der Waals surface area (Å²) in [5.41, 5.74) is 3.06. The van der Waals surface area contributed by atoms with E-state index >= 15 is 0 Å². The summed E-state index contributed by atoms with van der Waals surface area (Å²) in [5.74, 6) is 1.65. The van der Waals surface area contributed by atoms with Gasteiger partial charge in [0.25, 0.3) is 0 Å². The average molecular weight is 511 g/mol. The topological polar surface area (TPSA) is 82.9 Å². The molecule has 1 aromatic heterocycles. The van der Waals surface area contributed by atoms with Gasteiger partial charge in [-0.2, -0.15) is 0 Å². The van der Waals surface area contributed by atoms with Gasteiger partial charge in [-0.05, 0) is 97.6 Å². The van der Waals surface area contributed by atoms with Gasteiger partial charge >= 0.3 is 0 Å². The van der Waals surface area contributed by atoms with Gasteiger partial charge in [0, 0.05) is 35.8 Å². The number of carbonyl (C=O) groups excluding carboxylic acids is 1. The molecule has 2 heterocycles. The number of hydrogen-bond donors (Lipinski definition) is 2. The highest BCUT2D eigenvalue weighted by Crippen LogP contribution is 2.39. The number of rotatable bonds is 5. The normalized spacial score (nSPS) is 17.6. The number of piperidine rings is 1. The summed E-state index contributed by atoms with van der Waals surface area (Å²) in [6.07, 6.45) is 7.52. The van der Waals surface area contributed by atoms with E-state index in [2.05, 4.69) is 40.2 Å². The first-order valence-corrected chi connectivity index (χ1v) is 13.2. The highest BCUT2D eigenvalue weighted by atomic mass is 16.5. The molecule has 6 rings (SSSR count). The largest absolute Gasteiger partial charge is 0.508 e. The molecule has 2 N–H and O–H groups in total. The van der Waals surface area contributed by atoms with Crippen molar-refractivity contribution in [3.8, 4) is 17.2 Å². The van der Waals surface area contributed by atoms with Gasteiger partial charge in [-0.25, -0.2) is 0 Å². The lowest BCUT2D eigenvalue weighted by molar-refractivity contribution is 0.0895. The van der Waals surface area contributed by atoms with Gasteiger partial charge in [-0.1, -0.05) is 30.3 Å². The number of phenols is 2. The molecule has 0 radical (unpaired) electrons. The Labute approximate surface area is 223 Å². The minimum atomic E-state index is 0.0529. The number of aromatic hydroxyl groups is 2. The first kappa shape index (κ1) is 25.7. The van der Waals surface area contributed by atoms with E-state index in [1.54, 1.807) is 37.7 Å². The van der Waals surface area contributed by atoms with Crippen LogP contribution in [0.1, 0.15) is 40.7 Å². The Morgan fingerprint density at radius 1 is 0.974 bits per heavy atom. The Morgan fingerprint density at radius 3 is 2.53 bits per heavy atom. The molecule has 1 atom stereocenters. The summed E-state index contributed by atoms with van der Waals surface area (Å²) >= 11 is 0. The van der Waals surface area contributed by atoms with Crippen LogP contribution in [0.3, 0.4) is 0 Å². The maximum absolute atomic E-state index is 12.8. The third kappa shape index (κ3) is 5.97. The number of benzene rings is 3. The summed E-state index contributed by atoms with van der Waals surface area (Å²) in [7, 11) is 1.54. The third-order valence-electron chi connectivity index (χ3n) is 7.71. The van der Waals surface area contributed by atoms with Crippen molar-refractivity contribution in [2.45, 2.75) is 32.2 Å². The highest BCUT2D eigenvalue weighted by molar-refractivity contribution is 6.02. The molecular formula is C32H34N2O4. The van der Waals surface area contributed by atoms with Crippen molar-refractivity contribution in [1.82, 2.24) is 9.88 Å². The first-order valence-electron chi connectivity index (χ1n) is 13.2. The van der Waals surface area contributed by atoms with Gasteiger partial charge in [-0.15, -0.1) is 0 Å². The smallest absolute Gasteiger partial charge is 0.166 e. The van der Waals surface area contributed by atoms with Crippen LogP contribution < -0.4 is 4.74 Å². The zero-order chi connectivity index (χ0) is 26.5. The number of likely N-dealkylation sites (tertiary alicyclic amines) is 1. The molecular weight excluding hydrogens is 476 g/mol. The van der Waals surface area contributed by atoms with Crippen LogP contribution in [-0.4, -0.2) is 46.1 Å². The second-order valence-corrected chi connectivity index (χ2v) is 10.3. The van der Waals surface area contributed by atoms with Crippen molar-refractivity contribution in [3.05, 3.63) is 95.8 Å². The van der Waals surface area contributed by atoms with E-state index in [9.17, 15) is 9.90 Å². The molecule has 6 nitrogen and oxygen atoms in total. The predicted molar refractivity (Wildman–Crippen MR) is 149 cm³/mol. The average Bonchev–Trinajstić information content (AvgIpc) is 3.23. The number of methoxy groups -OCH3 is 1. The number of ether oxygens (including phenoxy) is 1. The van der Waals surface area contributed by atoms with Gasteiger partial charge in [0.15, 0.2) is 17.3 Å². The first-order chi connectivity index (χ1) is 18.5. The van der Waals surface area contributed by atoms with E-state index in [1.807, 2.05) is 18.2 Å². The maximum Gasteiger partial charge on any atom is 0.166 e. The van der Waals surface area contributed by atoms with Crippen LogP contribution >= 0.6 is 0 Å². The second kappa shape index (κ2) is 11.7. The van der Waals surface area contributed by atoms with Gasteiger partial charge in [0.2, 0.25) is 0 Å². The zero-order valence-corrected chi connectivity index (χ0v) is 21.7. The lowest BCUT2D eigenvalue weighted by atomic mass is 9.85. The van der Waals surface area contributed by atoms with Crippen molar-refractivity contribution in [2.24, 2.45) is 11.8 Å². The molecule has 0 bridgehead atoms. The monoisotopic (exact) mass is 510 g/mol. The number of fused-ring (bicyclic) bond motifs is 2. The molecule has 38 heavy (non-hydrogen) atoms. The molecule has 6 heteroatoms. The lowest BCUT2D eigenvalue weighted by Gasteiger charge is -2.32. The Bertz CT molecular complexity index is 1400. The minimum absolute atomic E-state index is 0.0529. The fraction of sp³-hybridized carbons (Fsp3) is 0.312. The molecule has 0 saturated carbocycles. The molecule has 1 aliphatic carbocycles. The summed E-state index contributed by atoms with van der Waals surface area (Å²) in [6, 6.07) is 21.1. The van der Waals surface area contributed by atoms with E-state index in [1.165, 1.54) is 5.56 Å². The third-order valence-corrected chi connectivity index (χ3v) is 7.71. The standard InChI is InChI=1S/C23H27NO3.C9H7NO/c1-27-22-13-18-12-19(23(26)20(18)14-21(22)25)11-16-7-9-24(10-8-16)15-17-5-3-2-4-6-17;11-9-2-1-8-6-10-4-3-7(8)5-9/h2-6,13-14,16,19,25H,7-12,15H2,1H3;1-6,11H. The molecule has 3 aromatic carbocycles. The van der Waals surface area contributed by atoms with Crippen molar-refractivity contribution in [3.63, 3.8) is 0 Å². The number of phenolic OH excluding ortho intramolecular Hbond substituents is 2. The quantitative estimate of drug-likeness (QED) is 0.343. The van der Waals surface area contributed by atoms with Crippen LogP contribution in [0.15, 0.2) is 79.1 Å². The van der Waals surface area contributed by atoms with Gasteiger partial charge in [0.1, 0.15) is 5.75 Å². The molecule has 1 saturated heterocycles. The Hall–Kier alpha value is -3.90. The van der Waals surface area contributed by atoms with Gasteiger partial charge in [-0.3, -0.25) is 14.7 Å². The number of hydrogen-bond acceptors (Lipinski definition) is 6. The SMILES string of the molecule is COc1cc2c(cc1O)C(=O)C(CC1CCN(Cc3ccccc3)CC1)C2.Oc1ccc2cnccc2c1. The number of carbonyl (C=O) groups is 1. The number of nitrogens with zero attached hydrogens (tertiary/aromatic N) is 2.